The minimum absolute atomic E-state index is 0.151. The molecule has 43 heavy (non-hydrogen) atoms. The Morgan fingerprint density at radius 3 is 2.47 bits per heavy atom. The van der Waals surface area contributed by atoms with Gasteiger partial charge in [-0.15, -0.1) is 5.54 Å². The second kappa shape index (κ2) is 11.1. The van der Waals surface area contributed by atoms with Crippen molar-refractivity contribution in [2.75, 3.05) is 5.73 Å². The zero-order chi connectivity index (χ0) is 31.1. The van der Waals surface area contributed by atoms with Crippen LogP contribution in [0.2, 0.25) is 18.1 Å². The Kier molecular flexibility index (Phi) is 7.63. The van der Waals surface area contributed by atoms with Crippen LogP contribution in [-0.2, 0) is 7.05 Å². The first-order valence-corrected chi connectivity index (χ1v) is 17.0. The number of rotatable bonds is 5. The Hall–Kier alpha value is -4.88. The lowest BCUT2D eigenvalue weighted by Crippen LogP contribution is -2.35. The number of nitrogens with zero attached hydrogens (tertiary/aromatic N) is 6. The average Bonchev–Trinajstić information content (AvgIpc) is 3.24. The number of aldehydes is 1. The fraction of sp³-hybridized carbons (Fsp3) is 0.273. The molecule has 2 N–H and O–H groups in total. The van der Waals surface area contributed by atoms with Crippen LogP contribution in [0.15, 0.2) is 49.1 Å². The molecule has 0 atom stereocenters. The molecule has 0 aliphatic carbocycles. The highest BCUT2D eigenvalue weighted by Gasteiger charge is 2.33. The predicted molar refractivity (Wildman–Crippen MR) is 173 cm³/mol. The predicted octanol–water partition coefficient (Wildman–Crippen LogP) is 6.69. The molecular formula is C33H35N7O2Si. The highest BCUT2D eigenvalue weighted by atomic mass is 28.3. The zero-order valence-electron chi connectivity index (χ0n) is 25.8. The van der Waals surface area contributed by atoms with E-state index in [2.05, 4.69) is 65.3 Å². The van der Waals surface area contributed by atoms with Crippen LogP contribution in [0.5, 0.6) is 11.8 Å². The first-order valence-electron chi connectivity index (χ1n) is 14.0. The lowest BCUT2D eigenvalue weighted by Gasteiger charge is -2.31. The van der Waals surface area contributed by atoms with Gasteiger partial charge in [-0.1, -0.05) is 39.8 Å². The van der Waals surface area contributed by atoms with E-state index in [0.717, 1.165) is 40.1 Å². The third kappa shape index (κ3) is 5.64. The van der Waals surface area contributed by atoms with E-state index in [0.29, 0.717) is 33.7 Å². The van der Waals surface area contributed by atoms with Crippen molar-refractivity contribution < 1.29 is 9.53 Å². The molecule has 0 saturated heterocycles. The highest BCUT2D eigenvalue weighted by Crippen LogP contribution is 2.44. The van der Waals surface area contributed by atoms with Gasteiger partial charge in [-0.3, -0.25) is 4.79 Å². The van der Waals surface area contributed by atoms with Gasteiger partial charge in [-0.2, -0.15) is 0 Å². The molecule has 5 aromatic rings. The molecule has 0 saturated carbocycles. The maximum Gasteiger partial charge on any atom is 0.322 e. The summed E-state index contributed by atoms with van der Waals surface area (Å²) in [6.07, 6.45) is 5.69. The maximum atomic E-state index is 12.5. The van der Waals surface area contributed by atoms with Crippen molar-refractivity contribution in [3.8, 4) is 45.6 Å². The molecule has 4 aromatic heterocycles. The SMILES string of the molecule is Cc1ccnc(Oc2ccc(-c3c(-c4cnc(C#C[Si](C)(C)C(C)(C)C)cc4C)n(C)c4ncnc(N)c34)c(C=O)c2)n1. The van der Waals surface area contributed by atoms with E-state index in [1.54, 1.807) is 24.4 Å². The molecule has 10 heteroatoms. The van der Waals surface area contributed by atoms with Crippen molar-refractivity contribution in [1.29, 1.82) is 0 Å². The molecule has 0 aliphatic rings. The highest BCUT2D eigenvalue weighted by molar-refractivity contribution is 6.87. The molecule has 0 bridgehead atoms. The summed E-state index contributed by atoms with van der Waals surface area (Å²) < 4.78 is 7.83. The Labute approximate surface area is 252 Å². The summed E-state index contributed by atoms with van der Waals surface area (Å²) in [5, 5.41) is 0.803. The fourth-order valence-electron chi connectivity index (χ4n) is 4.64. The molecule has 5 rings (SSSR count). The standard InChI is InChI=1S/C33H35N7O2Si/c1-20-15-23(12-14-43(7,8)33(3,4)5)36-17-26(20)29-27(28-30(34)37-19-38-31(28)40(29)6)25-10-9-24(16-22(25)18-41)42-32-35-13-11-21(2)39-32/h9-11,13,15-19H,1-8H3,(H2,34,37,38). The molecule has 0 spiro atoms. The van der Waals surface area contributed by atoms with Crippen molar-refractivity contribution in [2.24, 2.45) is 7.05 Å². The molecule has 218 valence electrons. The van der Waals surface area contributed by atoms with Crippen LogP contribution in [-0.4, -0.2) is 43.8 Å². The number of carbonyl (C=O) groups excluding carboxylic acids is 1. The third-order valence-electron chi connectivity index (χ3n) is 8.14. The zero-order valence-corrected chi connectivity index (χ0v) is 26.8. The summed E-state index contributed by atoms with van der Waals surface area (Å²) in [5.74, 6) is 4.09. The van der Waals surface area contributed by atoms with E-state index in [4.69, 9.17) is 15.5 Å². The lowest BCUT2D eigenvalue weighted by atomic mass is 9.94. The molecule has 0 radical (unpaired) electrons. The molecule has 0 amide bonds. The van der Waals surface area contributed by atoms with E-state index < -0.39 is 8.07 Å². The van der Waals surface area contributed by atoms with Gasteiger partial charge in [0.05, 0.1) is 11.1 Å². The van der Waals surface area contributed by atoms with Crippen LogP contribution in [0.3, 0.4) is 0 Å². The number of anilines is 1. The Morgan fingerprint density at radius 2 is 1.79 bits per heavy atom. The number of carbonyl (C=O) groups is 1. The molecule has 0 fully saturated rings. The lowest BCUT2D eigenvalue weighted by molar-refractivity contribution is 0.112. The Bertz CT molecular complexity index is 1950. The van der Waals surface area contributed by atoms with Gasteiger partial charge in [0.2, 0.25) is 0 Å². The number of hydrogen-bond donors (Lipinski definition) is 1. The Balaban J connectivity index is 1.67. The van der Waals surface area contributed by atoms with E-state index >= 15 is 0 Å². The topological polar surface area (TPSA) is 122 Å². The van der Waals surface area contributed by atoms with Gasteiger partial charge < -0.3 is 15.0 Å². The summed E-state index contributed by atoms with van der Waals surface area (Å²) in [7, 11) is 0.120. The van der Waals surface area contributed by atoms with E-state index in [-0.39, 0.29) is 11.0 Å². The van der Waals surface area contributed by atoms with Crippen LogP contribution in [0.1, 0.15) is 48.1 Å². The fourth-order valence-corrected chi connectivity index (χ4v) is 5.46. The summed E-state index contributed by atoms with van der Waals surface area (Å²) >= 11 is 0. The van der Waals surface area contributed by atoms with E-state index in [9.17, 15) is 4.79 Å². The van der Waals surface area contributed by atoms with Crippen molar-refractivity contribution >= 4 is 31.2 Å². The van der Waals surface area contributed by atoms with Gasteiger partial charge in [0.15, 0.2) is 6.29 Å². The quantitative estimate of drug-likeness (QED) is 0.137. The molecule has 0 aliphatic heterocycles. The van der Waals surface area contributed by atoms with Crippen LogP contribution in [0.4, 0.5) is 5.82 Å². The van der Waals surface area contributed by atoms with Crippen molar-refractivity contribution in [3.05, 3.63) is 71.6 Å². The number of nitrogens with two attached hydrogens (primary N) is 1. The molecule has 9 nitrogen and oxygen atoms in total. The van der Waals surface area contributed by atoms with Crippen LogP contribution in [0.25, 0.3) is 33.4 Å². The average molecular weight is 590 g/mol. The minimum Gasteiger partial charge on any atom is -0.424 e. The number of ether oxygens (including phenoxy) is 1. The van der Waals surface area contributed by atoms with Gasteiger partial charge in [0.1, 0.15) is 37.3 Å². The minimum atomic E-state index is -1.80. The second-order valence-corrected chi connectivity index (χ2v) is 17.2. The van der Waals surface area contributed by atoms with E-state index in [1.807, 2.05) is 43.8 Å². The van der Waals surface area contributed by atoms with Gasteiger partial charge in [0.25, 0.3) is 0 Å². The van der Waals surface area contributed by atoms with Crippen LogP contribution < -0.4 is 10.5 Å². The maximum absolute atomic E-state index is 12.5. The summed E-state index contributed by atoms with van der Waals surface area (Å²) in [4.78, 5) is 34.5. The normalized spacial score (nSPS) is 11.7. The first kappa shape index (κ1) is 29.6. The first-order chi connectivity index (χ1) is 20.3. The number of benzene rings is 1. The second-order valence-electron chi connectivity index (χ2n) is 12.2. The van der Waals surface area contributed by atoms with Gasteiger partial charge in [-0.05, 0) is 60.3 Å². The molecule has 0 unspecified atom stereocenters. The number of hydrogen-bond acceptors (Lipinski definition) is 8. The summed E-state index contributed by atoms with van der Waals surface area (Å²) in [6, 6.07) is 9.27. The van der Waals surface area contributed by atoms with E-state index in [1.165, 1.54) is 6.33 Å². The smallest absolute Gasteiger partial charge is 0.322 e. The summed E-state index contributed by atoms with van der Waals surface area (Å²) in [6.45, 7) is 15.2. The summed E-state index contributed by atoms with van der Waals surface area (Å²) in [5.41, 5.74) is 16.6. The van der Waals surface area contributed by atoms with Gasteiger partial charge in [-0.25, -0.2) is 24.9 Å². The van der Waals surface area contributed by atoms with Crippen LogP contribution >= 0.6 is 0 Å². The number of aromatic nitrogens is 6. The van der Waals surface area contributed by atoms with Crippen molar-refractivity contribution in [3.63, 3.8) is 0 Å². The molecule has 1 aromatic carbocycles. The molecular weight excluding hydrogens is 554 g/mol. The largest absolute Gasteiger partial charge is 0.424 e. The monoisotopic (exact) mass is 589 g/mol. The van der Waals surface area contributed by atoms with Crippen LogP contribution in [0, 0.1) is 25.3 Å². The number of fused-ring (bicyclic) bond motifs is 1. The van der Waals surface area contributed by atoms with Crippen molar-refractivity contribution in [1.82, 2.24) is 29.5 Å². The van der Waals surface area contributed by atoms with Gasteiger partial charge in [0, 0.05) is 41.8 Å². The number of aryl methyl sites for hydroxylation is 3. The number of pyridine rings is 1. The number of nitrogen functional groups attached to an aromatic ring is 1. The molecule has 4 heterocycles. The van der Waals surface area contributed by atoms with Gasteiger partial charge >= 0.3 is 6.01 Å². The van der Waals surface area contributed by atoms with Crippen molar-refractivity contribution in [2.45, 2.75) is 52.8 Å². The Morgan fingerprint density at radius 1 is 1.02 bits per heavy atom. The third-order valence-corrected chi connectivity index (χ3v) is 12.6.